The predicted molar refractivity (Wildman–Crippen MR) is 85.8 cm³/mol. The quantitative estimate of drug-likeness (QED) is 0.792. The summed E-state index contributed by atoms with van der Waals surface area (Å²) in [5.74, 6) is 0.740. The standard InChI is InChI=1S/C18H31N/c1-14(2)19-13-15(3)7-8-16-9-11-17(12-10-16)18(4,5)6/h9-12,14-15,19H,7-8,13H2,1-6H3. The smallest absolute Gasteiger partial charge is 0.00104 e. The first-order valence-corrected chi connectivity index (χ1v) is 7.62. The highest BCUT2D eigenvalue weighted by molar-refractivity contribution is 5.27. The van der Waals surface area contributed by atoms with Crippen molar-refractivity contribution in [2.75, 3.05) is 6.54 Å². The highest BCUT2D eigenvalue weighted by Crippen LogP contribution is 2.22. The Morgan fingerprint density at radius 1 is 1.00 bits per heavy atom. The predicted octanol–water partition coefficient (Wildman–Crippen LogP) is 4.55. The van der Waals surface area contributed by atoms with E-state index in [0.717, 1.165) is 12.5 Å². The van der Waals surface area contributed by atoms with E-state index in [4.69, 9.17) is 0 Å². The van der Waals surface area contributed by atoms with Crippen molar-refractivity contribution >= 4 is 0 Å². The molecule has 0 amide bonds. The molecular formula is C18H31N. The van der Waals surface area contributed by atoms with Crippen molar-refractivity contribution in [3.8, 4) is 0 Å². The summed E-state index contributed by atoms with van der Waals surface area (Å²) in [6, 6.07) is 9.75. The second kappa shape index (κ2) is 7.09. The molecule has 1 heteroatoms. The van der Waals surface area contributed by atoms with E-state index in [2.05, 4.69) is 71.1 Å². The molecule has 1 aromatic carbocycles. The number of nitrogens with one attached hydrogen (secondary N) is 1. The molecule has 1 atom stereocenters. The Hall–Kier alpha value is -0.820. The second-order valence-corrected chi connectivity index (χ2v) is 7.15. The van der Waals surface area contributed by atoms with Crippen LogP contribution in [0.15, 0.2) is 24.3 Å². The summed E-state index contributed by atoms with van der Waals surface area (Å²) in [6.45, 7) is 14.7. The van der Waals surface area contributed by atoms with Crippen LogP contribution < -0.4 is 5.32 Å². The number of aryl methyl sites for hydroxylation is 1. The maximum atomic E-state index is 3.51. The molecule has 0 bridgehead atoms. The van der Waals surface area contributed by atoms with Gasteiger partial charge in [0.2, 0.25) is 0 Å². The van der Waals surface area contributed by atoms with Gasteiger partial charge < -0.3 is 5.32 Å². The van der Waals surface area contributed by atoms with E-state index >= 15 is 0 Å². The first-order valence-electron chi connectivity index (χ1n) is 7.62. The Kier molecular flexibility index (Phi) is 6.06. The van der Waals surface area contributed by atoms with E-state index in [-0.39, 0.29) is 5.41 Å². The third-order valence-electron chi connectivity index (χ3n) is 3.62. The van der Waals surface area contributed by atoms with Gasteiger partial charge in [0.1, 0.15) is 0 Å². The van der Waals surface area contributed by atoms with Crippen LogP contribution >= 0.6 is 0 Å². The number of hydrogen-bond donors (Lipinski definition) is 1. The summed E-state index contributed by atoms with van der Waals surface area (Å²) >= 11 is 0. The van der Waals surface area contributed by atoms with Crippen molar-refractivity contribution in [1.82, 2.24) is 5.32 Å². The van der Waals surface area contributed by atoms with E-state index in [0.29, 0.717) is 6.04 Å². The van der Waals surface area contributed by atoms with Gasteiger partial charge in [-0.15, -0.1) is 0 Å². The monoisotopic (exact) mass is 261 g/mol. The Bertz CT molecular complexity index is 356. The lowest BCUT2D eigenvalue weighted by molar-refractivity contribution is 0.454. The lowest BCUT2D eigenvalue weighted by Gasteiger charge is -2.19. The molecule has 0 spiro atoms. The Morgan fingerprint density at radius 3 is 2.05 bits per heavy atom. The van der Waals surface area contributed by atoms with E-state index in [9.17, 15) is 0 Å². The van der Waals surface area contributed by atoms with Crippen LogP contribution in [0.2, 0.25) is 0 Å². The van der Waals surface area contributed by atoms with E-state index in [1.807, 2.05) is 0 Å². The molecule has 0 aliphatic carbocycles. The van der Waals surface area contributed by atoms with Gasteiger partial charge in [-0.2, -0.15) is 0 Å². The summed E-state index contributed by atoms with van der Waals surface area (Å²) in [6.07, 6.45) is 2.44. The summed E-state index contributed by atoms with van der Waals surface area (Å²) in [4.78, 5) is 0. The van der Waals surface area contributed by atoms with Gasteiger partial charge in [-0.05, 0) is 41.8 Å². The molecule has 1 rings (SSSR count). The molecule has 19 heavy (non-hydrogen) atoms. The summed E-state index contributed by atoms with van der Waals surface area (Å²) in [7, 11) is 0. The zero-order valence-electron chi connectivity index (χ0n) is 13.6. The normalized spacial score (nSPS) is 13.8. The fraction of sp³-hybridized carbons (Fsp3) is 0.667. The van der Waals surface area contributed by atoms with Gasteiger partial charge in [0.05, 0.1) is 0 Å². The molecule has 0 heterocycles. The molecule has 1 nitrogen and oxygen atoms in total. The van der Waals surface area contributed by atoms with Crippen molar-refractivity contribution in [2.45, 2.75) is 65.8 Å². The summed E-state index contributed by atoms with van der Waals surface area (Å²) in [5.41, 5.74) is 3.14. The largest absolute Gasteiger partial charge is 0.314 e. The van der Waals surface area contributed by atoms with Crippen LogP contribution in [0.4, 0.5) is 0 Å². The molecule has 1 aromatic rings. The van der Waals surface area contributed by atoms with Gasteiger partial charge in [-0.1, -0.05) is 65.8 Å². The lowest BCUT2D eigenvalue weighted by Crippen LogP contribution is -2.28. The van der Waals surface area contributed by atoms with E-state index < -0.39 is 0 Å². The molecule has 0 saturated heterocycles. The first kappa shape index (κ1) is 16.2. The molecular weight excluding hydrogens is 230 g/mol. The molecule has 0 aliphatic heterocycles. The Balaban J connectivity index is 2.42. The molecule has 0 saturated carbocycles. The lowest BCUT2D eigenvalue weighted by atomic mass is 9.86. The molecule has 1 N–H and O–H groups in total. The molecule has 0 fully saturated rings. The summed E-state index contributed by atoms with van der Waals surface area (Å²) < 4.78 is 0. The van der Waals surface area contributed by atoms with Gasteiger partial charge in [-0.3, -0.25) is 0 Å². The minimum atomic E-state index is 0.257. The van der Waals surface area contributed by atoms with E-state index in [1.54, 1.807) is 0 Å². The van der Waals surface area contributed by atoms with Crippen molar-refractivity contribution < 1.29 is 0 Å². The van der Waals surface area contributed by atoms with Gasteiger partial charge >= 0.3 is 0 Å². The van der Waals surface area contributed by atoms with Crippen molar-refractivity contribution in [3.05, 3.63) is 35.4 Å². The topological polar surface area (TPSA) is 12.0 Å². The van der Waals surface area contributed by atoms with Gasteiger partial charge in [0, 0.05) is 6.04 Å². The van der Waals surface area contributed by atoms with Crippen molar-refractivity contribution in [1.29, 1.82) is 0 Å². The molecule has 0 aromatic heterocycles. The minimum Gasteiger partial charge on any atom is -0.314 e. The van der Waals surface area contributed by atoms with Crippen LogP contribution in [0.1, 0.15) is 59.1 Å². The zero-order valence-corrected chi connectivity index (χ0v) is 13.6. The van der Waals surface area contributed by atoms with Crippen LogP contribution in [-0.4, -0.2) is 12.6 Å². The maximum Gasteiger partial charge on any atom is 0.00104 e. The minimum absolute atomic E-state index is 0.257. The Morgan fingerprint density at radius 2 is 1.58 bits per heavy atom. The molecule has 1 unspecified atom stereocenters. The fourth-order valence-electron chi connectivity index (χ4n) is 2.12. The molecule has 0 aliphatic rings. The number of hydrogen-bond acceptors (Lipinski definition) is 1. The van der Waals surface area contributed by atoms with Crippen LogP contribution in [0.25, 0.3) is 0 Å². The number of rotatable bonds is 6. The van der Waals surface area contributed by atoms with Crippen LogP contribution in [0.3, 0.4) is 0 Å². The van der Waals surface area contributed by atoms with Crippen LogP contribution in [0.5, 0.6) is 0 Å². The molecule has 108 valence electrons. The second-order valence-electron chi connectivity index (χ2n) is 7.15. The van der Waals surface area contributed by atoms with Gasteiger partial charge in [-0.25, -0.2) is 0 Å². The van der Waals surface area contributed by atoms with Gasteiger partial charge in [0.15, 0.2) is 0 Å². The first-order chi connectivity index (χ1) is 8.79. The summed E-state index contributed by atoms with van der Waals surface area (Å²) in [5, 5.41) is 3.51. The van der Waals surface area contributed by atoms with Crippen molar-refractivity contribution in [2.24, 2.45) is 5.92 Å². The SMILES string of the molecule is CC(CCc1ccc(C(C)(C)C)cc1)CNC(C)C. The third-order valence-corrected chi connectivity index (χ3v) is 3.62. The van der Waals surface area contributed by atoms with Gasteiger partial charge in [0.25, 0.3) is 0 Å². The average molecular weight is 261 g/mol. The molecule has 0 radical (unpaired) electrons. The Labute approximate surface area is 119 Å². The van der Waals surface area contributed by atoms with Crippen molar-refractivity contribution in [3.63, 3.8) is 0 Å². The van der Waals surface area contributed by atoms with E-state index in [1.165, 1.54) is 24.0 Å². The average Bonchev–Trinajstić information content (AvgIpc) is 2.33. The zero-order chi connectivity index (χ0) is 14.5. The highest BCUT2D eigenvalue weighted by Gasteiger charge is 2.12. The highest BCUT2D eigenvalue weighted by atomic mass is 14.9. The van der Waals surface area contributed by atoms with Crippen LogP contribution in [0, 0.1) is 5.92 Å². The third kappa shape index (κ3) is 6.24. The fourth-order valence-corrected chi connectivity index (χ4v) is 2.12. The maximum absolute atomic E-state index is 3.51. The van der Waals surface area contributed by atoms with Crippen LogP contribution in [-0.2, 0) is 11.8 Å². The number of benzene rings is 1.